The van der Waals surface area contributed by atoms with E-state index in [1.807, 2.05) is 0 Å². The maximum atomic E-state index is 11.7. The Morgan fingerprint density at radius 1 is 1.47 bits per heavy atom. The average Bonchev–Trinajstić information content (AvgIpc) is 3.18. The van der Waals surface area contributed by atoms with Gasteiger partial charge in [-0.15, -0.1) is 0 Å². The highest BCUT2D eigenvalue weighted by Crippen LogP contribution is 2.28. The summed E-state index contributed by atoms with van der Waals surface area (Å²) in [4.78, 5) is 24.0. The fourth-order valence-electron chi connectivity index (χ4n) is 1.59. The van der Waals surface area contributed by atoms with Crippen molar-refractivity contribution in [3.05, 3.63) is 0 Å². The van der Waals surface area contributed by atoms with Crippen molar-refractivity contribution in [3.8, 4) is 0 Å². The van der Waals surface area contributed by atoms with E-state index in [2.05, 4.69) is 5.32 Å². The predicted molar refractivity (Wildman–Crippen MR) is 71.0 cm³/mol. The molecule has 1 aliphatic rings. The lowest BCUT2D eigenvalue weighted by Gasteiger charge is -2.19. The highest BCUT2D eigenvalue weighted by atomic mass is 16.5. The lowest BCUT2D eigenvalue weighted by molar-refractivity contribution is -0.141. The molecule has 2 amide bonds. The molecule has 1 unspecified atom stereocenters. The van der Waals surface area contributed by atoms with E-state index in [1.165, 1.54) is 17.7 Å². The highest BCUT2D eigenvalue weighted by molar-refractivity contribution is 5.75. The van der Waals surface area contributed by atoms with Crippen LogP contribution in [0.1, 0.15) is 26.2 Å². The summed E-state index contributed by atoms with van der Waals surface area (Å²) in [5.74, 6) is -0.679. The first-order chi connectivity index (χ1) is 9.04. The minimum Gasteiger partial charge on any atom is -0.481 e. The average molecular weight is 272 g/mol. The molecule has 0 aromatic rings. The number of nitrogens with one attached hydrogen (secondary N) is 1. The fourth-order valence-corrected chi connectivity index (χ4v) is 1.59. The van der Waals surface area contributed by atoms with Crippen molar-refractivity contribution < 1.29 is 19.4 Å². The van der Waals surface area contributed by atoms with Gasteiger partial charge in [0, 0.05) is 26.7 Å². The molecule has 0 heterocycles. The molecule has 1 atom stereocenters. The lowest BCUT2D eigenvalue weighted by atomic mass is 10.1. The molecule has 0 aromatic carbocycles. The van der Waals surface area contributed by atoms with Gasteiger partial charge in [-0.25, -0.2) is 4.79 Å². The standard InChI is InChI=1S/C13H24N2O4/c1-3-11(12(16)17)8-14-13(18)15(2)6-7-19-9-10-4-5-10/h10-11H,3-9H2,1-2H3,(H,14,18)(H,16,17). The van der Waals surface area contributed by atoms with Gasteiger partial charge in [-0.3, -0.25) is 4.79 Å². The van der Waals surface area contributed by atoms with Crippen molar-refractivity contribution in [2.45, 2.75) is 26.2 Å². The Hall–Kier alpha value is -1.30. The molecule has 19 heavy (non-hydrogen) atoms. The molecule has 0 aliphatic heterocycles. The van der Waals surface area contributed by atoms with Crippen molar-refractivity contribution in [2.24, 2.45) is 11.8 Å². The van der Waals surface area contributed by atoms with Crippen LogP contribution in [-0.2, 0) is 9.53 Å². The number of rotatable bonds is 9. The Morgan fingerprint density at radius 3 is 2.68 bits per heavy atom. The van der Waals surface area contributed by atoms with Gasteiger partial charge in [-0.2, -0.15) is 0 Å². The Kier molecular flexibility index (Phi) is 6.62. The molecular formula is C13H24N2O4. The third-order valence-electron chi connectivity index (χ3n) is 3.31. The Balaban J connectivity index is 2.10. The number of urea groups is 1. The van der Waals surface area contributed by atoms with E-state index in [0.29, 0.717) is 19.6 Å². The van der Waals surface area contributed by atoms with Gasteiger partial charge >= 0.3 is 12.0 Å². The van der Waals surface area contributed by atoms with Gasteiger partial charge in [0.15, 0.2) is 0 Å². The van der Waals surface area contributed by atoms with E-state index in [9.17, 15) is 9.59 Å². The van der Waals surface area contributed by atoms with E-state index in [1.54, 1.807) is 14.0 Å². The quantitative estimate of drug-likeness (QED) is 0.617. The monoisotopic (exact) mass is 272 g/mol. The second-order valence-corrected chi connectivity index (χ2v) is 5.07. The summed E-state index contributed by atoms with van der Waals surface area (Å²) in [7, 11) is 1.68. The molecular weight excluding hydrogens is 248 g/mol. The van der Waals surface area contributed by atoms with Crippen LogP contribution in [0.3, 0.4) is 0 Å². The number of carboxylic acids is 1. The molecule has 6 nitrogen and oxygen atoms in total. The first kappa shape index (κ1) is 15.8. The van der Waals surface area contributed by atoms with Crippen molar-refractivity contribution in [2.75, 3.05) is 33.4 Å². The van der Waals surface area contributed by atoms with Crippen LogP contribution in [0.4, 0.5) is 4.79 Å². The number of nitrogens with zero attached hydrogens (tertiary/aromatic N) is 1. The molecule has 6 heteroatoms. The van der Waals surface area contributed by atoms with Crippen molar-refractivity contribution in [1.29, 1.82) is 0 Å². The molecule has 0 bridgehead atoms. The lowest BCUT2D eigenvalue weighted by Crippen LogP contribution is -2.42. The summed E-state index contributed by atoms with van der Waals surface area (Å²) < 4.78 is 5.45. The SMILES string of the molecule is CCC(CNC(=O)N(C)CCOCC1CC1)C(=O)O. The van der Waals surface area contributed by atoms with Crippen molar-refractivity contribution >= 4 is 12.0 Å². The van der Waals surface area contributed by atoms with Crippen LogP contribution in [0.15, 0.2) is 0 Å². The number of carbonyl (C=O) groups excluding carboxylic acids is 1. The molecule has 0 saturated heterocycles. The second kappa shape index (κ2) is 7.99. The molecule has 0 radical (unpaired) electrons. The number of hydrogen-bond donors (Lipinski definition) is 2. The van der Waals surface area contributed by atoms with Crippen LogP contribution in [0.25, 0.3) is 0 Å². The van der Waals surface area contributed by atoms with Crippen molar-refractivity contribution in [1.82, 2.24) is 10.2 Å². The predicted octanol–water partition coefficient (Wildman–Crippen LogP) is 1.17. The summed E-state index contributed by atoms with van der Waals surface area (Å²) in [5, 5.41) is 11.5. The molecule has 1 saturated carbocycles. The summed E-state index contributed by atoms with van der Waals surface area (Å²) in [6.45, 7) is 3.78. The normalized spacial score (nSPS) is 15.9. The van der Waals surface area contributed by atoms with Gasteiger partial charge in [0.1, 0.15) is 0 Å². The molecule has 1 aliphatic carbocycles. The van der Waals surface area contributed by atoms with Crippen LogP contribution >= 0.6 is 0 Å². The first-order valence-corrected chi connectivity index (χ1v) is 6.84. The maximum Gasteiger partial charge on any atom is 0.317 e. The zero-order chi connectivity index (χ0) is 14.3. The van der Waals surface area contributed by atoms with Crippen molar-refractivity contribution in [3.63, 3.8) is 0 Å². The minimum atomic E-state index is -0.877. The number of likely N-dealkylation sites (N-methyl/N-ethyl adjacent to an activating group) is 1. The Morgan fingerprint density at radius 2 is 2.16 bits per heavy atom. The summed E-state index contributed by atoms with van der Waals surface area (Å²) in [5.41, 5.74) is 0. The summed E-state index contributed by atoms with van der Waals surface area (Å²) in [6, 6.07) is -0.255. The second-order valence-electron chi connectivity index (χ2n) is 5.07. The maximum absolute atomic E-state index is 11.7. The van der Waals surface area contributed by atoms with E-state index in [4.69, 9.17) is 9.84 Å². The Labute approximate surface area is 114 Å². The van der Waals surface area contributed by atoms with E-state index in [-0.39, 0.29) is 12.6 Å². The van der Waals surface area contributed by atoms with Crippen LogP contribution in [0, 0.1) is 11.8 Å². The van der Waals surface area contributed by atoms with E-state index in [0.717, 1.165) is 12.5 Å². The largest absolute Gasteiger partial charge is 0.481 e. The number of carboxylic acid groups (broad SMARTS) is 1. The molecule has 1 fully saturated rings. The Bertz CT molecular complexity index is 305. The number of amides is 2. The van der Waals surface area contributed by atoms with Gasteiger partial charge in [-0.05, 0) is 25.2 Å². The number of aliphatic carboxylic acids is 1. The number of ether oxygens (including phenoxy) is 1. The zero-order valence-corrected chi connectivity index (χ0v) is 11.7. The van der Waals surface area contributed by atoms with Gasteiger partial charge in [-0.1, -0.05) is 6.92 Å². The number of hydrogen-bond acceptors (Lipinski definition) is 3. The molecule has 0 spiro atoms. The van der Waals surface area contributed by atoms with Gasteiger partial charge in [0.25, 0.3) is 0 Å². The zero-order valence-electron chi connectivity index (χ0n) is 11.7. The van der Waals surface area contributed by atoms with Crippen LogP contribution in [0.2, 0.25) is 0 Å². The minimum absolute atomic E-state index is 0.165. The van der Waals surface area contributed by atoms with Gasteiger partial charge in [0.05, 0.1) is 12.5 Å². The summed E-state index contributed by atoms with van der Waals surface area (Å²) >= 11 is 0. The first-order valence-electron chi connectivity index (χ1n) is 6.84. The number of carbonyl (C=O) groups is 2. The molecule has 0 aromatic heterocycles. The van der Waals surface area contributed by atoms with E-state index < -0.39 is 11.9 Å². The van der Waals surface area contributed by atoms with Gasteiger partial charge < -0.3 is 20.1 Å². The molecule has 110 valence electrons. The highest BCUT2D eigenvalue weighted by Gasteiger charge is 2.21. The molecule has 2 N–H and O–H groups in total. The third kappa shape index (κ3) is 6.42. The smallest absolute Gasteiger partial charge is 0.317 e. The van der Waals surface area contributed by atoms with Gasteiger partial charge in [0.2, 0.25) is 0 Å². The van der Waals surface area contributed by atoms with Crippen LogP contribution in [0.5, 0.6) is 0 Å². The van der Waals surface area contributed by atoms with Crippen LogP contribution in [-0.4, -0.2) is 55.4 Å². The van der Waals surface area contributed by atoms with Crippen LogP contribution < -0.4 is 5.32 Å². The third-order valence-corrected chi connectivity index (χ3v) is 3.31. The molecule has 1 rings (SSSR count). The van der Waals surface area contributed by atoms with E-state index >= 15 is 0 Å². The summed E-state index contributed by atoms with van der Waals surface area (Å²) in [6.07, 6.45) is 3.01. The fraction of sp³-hybridized carbons (Fsp3) is 0.846. The topological polar surface area (TPSA) is 78.9 Å².